The highest BCUT2D eigenvalue weighted by atomic mass is 16.2. The molecule has 0 fully saturated rings. The number of carbonyl (C=O) groups is 1. The highest BCUT2D eigenvalue weighted by Gasteiger charge is 2.18. The summed E-state index contributed by atoms with van der Waals surface area (Å²) in [5.74, 6) is 0.170. The summed E-state index contributed by atoms with van der Waals surface area (Å²) in [6, 6.07) is 3.44. The van der Waals surface area contributed by atoms with Crippen LogP contribution in [0.25, 0.3) is 0 Å². The molecule has 0 aromatic carbocycles. The molecular weight excluding hydrogens is 250 g/mol. The summed E-state index contributed by atoms with van der Waals surface area (Å²) >= 11 is 0. The zero-order valence-corrected chi connectivity index (χ0v) is 11.9. The van der Waals surface area contributed by atoms with E-state index < -0.39 is 0 Å². The molecule has 104 valence electrons. The van der Waals surface area contributed by atoms with Crippen molar-refractivity contribution in [2.45, 2.75) is 26.7 Å². The van der Waals surface area contributed by atoms with Gasteiger partial charge in [0.05, 0.1) is 11.3 Å². The molecular formula is C16H19N3O. The molecule has 1 heterocycles. The highest BCUT2D eigenvalue weighted by Crippen LogP contribution is 2.26. The summed E-state index contributed by atoms with van der Waals surface area (Å²) in [5.41, 5.74) is 6.29. The highest BCUT2D eigenvalue weighted by molar-refractivity contribution is 6.02. The molecule has 0 spiro atoms. The third kappa shape index (κ3) is 3.41. The summed E-state index contributed by atoms with van der Waals surface area (Å²) in [6.45, 7) is 8.05. The molecule has 1 aliphatic carbocycles. The lowest BCUT2D eigenvalue weighted by molar-refractivity contribution is 0.0954. The van der Waals surface area contributed by atoms with Gasteiger partial charge in [-0.25, -0.2) is 5.43 Å². The van der Waals surface area contributed by atoms with Crippen molar-refractivity contribution in [2.75, 3.05) is 0 Å². The van der Waals surface area contributed by atoms with Gasteiger partial charge < -0.3 is 0 Å². The quantitative estimate of drug-likeness (QED) is 0.677. The zero-order valence-electron chi connectivity index (χ0n) is 11.9. The van der Waals surface area contributed by atoms with Gasteiger partial charge in [-0.2, -0.15) is 5.10 Å². The van der Waals surface area contributed by atoms with Crippen LogP contribution in [0.3, 0.4) is 0 Å². The van der Waals surface area contributed by atoms with E-state index in [1.165, 1.54) is 6.20 Å². The Morgan fingerprint density at radius 1 is 1.55 bits per heavy atom. The maximum Gasteiger partial charge on any atom is 0.272 e. The number of rotatable bonds is 3. The minimum atomic E-state index is -0.240. The number of hydrazone groups is 1. The van der Waals surface area contributed by atoms with Crippen molar-refractivity contribution in [2.24, 2.45) is 11.0 Å². The van der Waals surface area contributed by atoms with E-state index >= 15 is 0 Å². The molecule has 0 saturated heterocycles. The van der Waals surface area contributed by atoms with Crippen LogP contribution in [0.5, 0.6) is 0 Å². The molecule has 20 heavy (non-hydrogen) atoms. The smallest absolute Gasteiger partial charge is 0.267 e. The monoisotopic (exact) mass is 269 g/mol. The second-order valence-corrected chi connectivity index (χ2v) is 5.11. The second-order valence-electron chi connectivity index (χ2n) is 5.11. The Kier molecular flexibility index (Phi) is 4.45. The SMILES string of the molecule is C=C(C)C1CC=C(C)/C(=N\NC(=O)c2cccnc2)C1. The Labute approximate surface area is 119 Å². The predicted octanol–water partition coefficient (Wildman–Crippen LogP) is 3.10. The lowest BCUT2D eigenvalue weighted by Gasteiger charge is -2.22. The van der Waals surface area contributed by atoms with Gasteiger partial charge in [0.1, 0.15) is 0 Å². The first-order valence-electron chi connectivity index (χ1n) is 6.67. The van der Waals surface area contributed by atoms with E-state index in [1.54, 1.807) is 18.3 Å². The third-order valence-corrected chi connectivity index (χ3v) is 3.52. The first kappa shape index (κ1) is 14.2. The van der Waals surface area contributed by atoms with Gasteiger partial charge in [-0.3, -0.25) is 9.78 Å². The molecule has 1 aliphatic rings. The molecule has 0 radical (unpaired) electrons. The summed E-state index contributed by atoms with van der Waals surface area (Å²) in [5, 5.41) is 4.25. The molecule has 0 bridgehead atoms. The minimum absolute atomic E-state index is 0.240. The molecule has 1 unspecified atom stereocenters. The Hall–Kier alpha value is -2.23. The Morgan fingerprint density at radius 2 is 2.35 bits per heavy atom. The van der Waals surface area contributed by atoms with Gasteiger partial charge in [-0.1, -0.05) is 18.2 Å². The van der Waals surface area contributed by atoms with Crippen molar-refractivity contribution >= 4 is 11.6 Å². The van der Waals surface area contributed by atoms with Gasteiger partial charge in [-0.15, -0.1) is 0 Å². The Balaban J connectivity index is 2.07. The molecule has 1 amide bonds. The summed E-state index contributed by atoms with van der Waals surface area (Å²) in [4.78, 5) is 15.8. The standard InChI is InChI=1S/C16H19N3O/c1-11(2)13-7-6-12(3)15(9-13)18-19-16(20)14-5-4-8-17-10-14/h4-6,8,10,13H,1,7,9H2,2-3H3,(H,19,20)/b18-15-. The van der Waals surface area contributed by atoms with Crippen molar-refractivity contribution in [1.29, 1.82) is 0 Å². The number of amides is 1. The van der Waals surface area contributed by atoms with Crippen LogP contribution < -0.4 is 5.43 Å². The topological polar surface area (TPSA) is 54.4 Å². The van der Waals surface area contributed by atoms with E-state index in [-0.39, 0.29) is 5.91 Å². The van der Waals surface area contributed by atoms with Crippen LogP contribution in [0.15, 0.2) is 53.4 Å². The van der Waals surface area contributed by atoms with Crippen molar-refractivity contribution in [3.63, 3.8) is 0 Å². The van der Waals surface area contributed by atoms with Crippen LogP contribution in [-0.2, 0) is 0 Å². The number of pyridine rings is 1. The molecule has 4 heteroatoms. The molecule has 1 atom stereocenters. The molecule has 0 saturated carbocycles. The molecule has 0 aliphatic heterocycles. The number of nitrogens with one attached hydrogen (secondary N) is 1. The van der Waals surface area contributed by atoms with Crippen LogP contribution in [0.1, 0.15) is 37.0 Å². The van der Waals surface area contributed by atoms with Gasteiger partial charge in [0.25, 0.3) is 5.91 Å². The number of hydrogen-bond donors (Lipinski definition) is 1. The third-order valence-electron chi connectivity index (χ3n) is 3.52. The lowest BCUT2D eigenvalue weighted by atomic mass is 9.85. The molecule has 1 N–H and O–H groups in total. The van der Waals surface area contributed by atoms with E-state index in [2.05, 4.69) is 28.2 Å². The minimum Gasteiger partial charge on any atom is -0.267 e. The fourth-order valence-electron chi connectivity index (χ4n) is 2.10. The van der Waals surface area contributed by atoms with E-state index in [0.717, 1.165) is 29.7 Å². The summed E-state index contributed by atoms with van der Waals surface area (Å²) in [6.07, 6.45) is 7.13. The van der Waals surface area contributed by atoms with Crippen LogP contribution in [0.2, 0.25) is 0 Å². The van der Waals surface area contributed by atoms with Crippen LogP contribution in [0, 0.1) is 5.92 Å². The first-order chi connectivity index (χ1) is 9.58. The van der Waals surface area contributed by atoms with Gasteiger partial charge in [-0.05, 0) is 50.3 Å². The van der Waals surface area contributed by atoms with Gasteiger partial charge in [0.15, 0.2) is 0 Å². The van der Waals surface area contributed by atoms with E-state index in [0.29, 0.717) is 11.5 Å². The molecule has 2 rings (SSSR count). The van der Waals surface area contributed by atoms with Crippen molar-refractivity contribution < 1.29 is 4.79 Å². The Morgan fingerprint density at radius 3 is 3.00 bits per heavy atom. The van der Waals surface area contributed by atoms with Crippen molar-refractivity contribution in [3.05, 3.63) is 53.9 Å². The number of allylic oxidation sites excluding steroid dienone is 3. The first-order valence-corrected chi connectivity index (χ1v) is 6.67. The second kappa shape index (κ2) is 6.28. The number of hydrogen-bond acceptors (Lipinski definition) is 3. The van der Waals surface area contributed by atoms with Crippen LogP contribution >= 0.6 is 0 Å². The largest absolute Gasteiger partial charge is 0.272 e. The van der Waals surface area contributed by atoms with E-state index in [1.807, 2.05) is 13.8 Å². The summed E-state index contributed by atoms with van der Waals surface area (Å²) in [7, 11) is 0. The predicted molar refractivity (Wildman–Crippen MR) is 80.4 cm³/mol. The van der Waals surface area contributed by atoms with E-state index in [9.17, 15) is 4.79 Å². The average molecular weight is 269 g/mol. The Bertz CT molecular complexity index is 573. The van der Waals surface area contributed by atoms with E-state index in [4.69, 9.17) is 0 Å². The van der Waals surface area contributed by atoms with Crippen molar-refractivity contribution in [1.82, 2.24) is 10.4 Å². The zero-order chi connectivity index (χ0) is 14.5. The maximum atomic E-state index is 11.9. The normalized spacial score (nSPS) is 20.4. The molecule has 1 aromatic heterocycles. The summed E-state index contributed by atoms with van der Waals surface area (Å²) < 4.78 is 0. The number of aromatic nitrogens is 1. The van der Waals surface area contributed by atoms with Crippen LogP contribution in [-0.4, -0.2) is 16.6 Å². The van der Waals surface area contributed by atoms with Crippen molar-refractivity contribution in [3.8, 4) is 0 Å². The fraction of sp³-hybridized carbons (Fsp3) is 0.312. The number of nitrogens with zero attached hydrogens (tertiary/aromatic N) is 2. The molecule has 4 nitrogen and oxygen atoms in total. The molecule has 1 aromatic rings. The van der Waals surface area contributed by atoms with Gasteiger partial charge in [0.2, 0.25) is 0 Å². The number of carbonyl (C=O) groups excluding carboxylic acids is 1. The van der Waals surface area contributed by atoms with Crippen LogP contribution in [0.4, 0.5) is 0 Å². The fourth-order valence-corrected chi connectivity index (χ4v) is 2.10. The lowest BCUT2D eigenvalue weighted by Crippen LogP contribution is -2.23. The van der Waals surface area contributed by atoms with Gasteiger partial charge in [0, 0.05) is 12.4 Å². The maximum absolute atomic E-state index is 11.9. The average Bonchev–Trinajstić information content (AvgIpc) is 2.46. The van der Waals surface area contributed by atoms with Gasteiger partial charge >= 0.3 is 0 Å².